The largest absolute Gasteiger partial charge is 0.429 e. The van der Waals surface area contributed by atoms with Crippen molar-refractivity contribution in [1.82, 2.24) is 9.88 Å². The summed E-state index contributed by atoms with van der Waals surface area (Å²) in [7, 11) is 1.52. The number of carbonyl (C=O) groups excluding carboxylic acids is 1. The summed E-state index contributed by atoms with van der Waals surface area (Å²) in [5, 5.41) is 3.00. The molecule has 6 heteroatoms. The Morgan fingerprint density at radius 2 is 2.33 bits per heavy atom. The van der Waals surface area contributed by atoms with Gasteiger partial charge in [0.2, 0.25) is 0 Å². The third-order valence-electron chi connectivity index (χ3n) is 1.96. The van der Waals surface area contributed by atoms with Gasteiger partial charge in [-0.05, 0) is 30.4 Å². The van der Waals surface area contributed by atoms with Gasteiger partial charge in [-0.1, -0.05) is 11.6 Å². The van der Waals surface area contributed by atoms with E-state index in [9.17, 15) is 4.79 Å². The quantitative estimate of drug-likeness (QED) is 0.723. The van der Waals surface area contributed by atoms with Crippen LogP contribution in [0, 0.1) is 4.84 Å². The molecule has 1 aromatic carbocycles. The molecule has 4 nitrogen and oxygen atoms in total. The Hall–Kier alpha value is -1.33. The van der Waals surface area contributed by atoms with Gasteiger partial charge in [-0.3, -0.25) is 0 Å². The normalized spacial score (nSPS) is 10.5. The zero-order valence-electron chi connectivity index (χ0n) is 7.78. The number of nitrogens with one attached hydrogen (secondary N) is 1. The summed E-state index contributed by atoms with van der Waals surface area (Å²) in [6.45, 7) is 0. The van der Waals surface area contributed by atoms with Crippen molar-refractivity contribution in [3.8, 4) is 0 Å². The zero-order valence-corrected chi connectivity index (χ0v) is 9.35. The third-order valence-corrected chi connectivity index (χ3v) is 2.46. The van der Waals surface area contributed by atoms with E-state index in [1.165, 1.54) is 11.6 Å². The van der Waals surface area contributed by atoms with Crippen molar-refractivity contribution in [3.05, 3.63) is 28.1 Å². The van der Waals surface area contributed by atoms with Gasteiger partial charge in [-0.25, -0.2) is 9.36 Å². The molecule has 0 bridgehead atoms. The van der Waals surface area contributed by atoms with Crippen molar-refractivity contribution in [2.45, 2.75) is 0 Å². The van der Waals surface area contributed by atoms with Crippen LogP contribution in [0.1, 0.15) is 0 Å². The van der Waals surface area contributed by atoms with Crippen LogP contribution in [0.5, 0.6) is 0 Å². The van der Waals surface area contributed by atoms with Crippen molar-refractivity contribution in [2.24, 2.45) is 0 Å². The maximum atomic E-state index is 11.5. The van der Waals surface area contributed by atoms with Crippen molar-refractivity contribution in [2.75, 3.05) is 7.05 Å². The van der Waals surface area contributed by atoms with Crippen LogP contribution in [0.15, 0.2) is 22.6 Å². The number of hydrogen-bond acceptors (Lipinski definition) is 3. The number of hydrogen-bond donors (Lipinski definition) is 1. The second kappa shape index (κ2) is 3.67. The lowest BCUT2D eigenvalue weighted by Gasteiger charge is -1.99. The number of nitrogens with zero attached hydrogens (tertiary/aromatic N) is 1. The highest BCUT2D eigenvalue weighted by atomic mass is 35.5. The molecule has 2 rings (SSSR count). The molecule has 0 atom stereocenters. The summed E-state index contributed by atoms with van der Waals surface area (Å²) in [5.74, 6) is 0. The van der Waals surface area contributed by atoms with E-state index in [1.54, 1.807) is 18.2 Å². The zero-order chi connectivity index (χ0) is 11.0. The fourth-order valence-electron chi connectivity index (χ4n) is 1.29. The van der Waals surface area contributed by atoms with E-state index in [0.29, 0.717) is 16.1 Å². The monoisotopic (exact) mass is 242 g/mol. The smallest absolute Gasteiger partial charge is 0.329 e. The van der Waals surface area contributed by atoms with Crippen molar-refractivity contribution in [1.29, 1.82) is 0 Å². The highest BCUT2D eigenvalue weighted by Gasteiger charge is 2.12. The molecule has 0 aliphatic carbocycles. The van der Waals surface area contributed by atoms with Gasteiger partial charge in [-0.15, -0.1) is 0 Å². The van der Waals surface area contributed by atoms with Crippen LogP contribution < -0.4 is 5.32 Å². The van der Waals surface area contributed by atoms with E-state index in [2.05, 4.69) is 5.32 Å². The number of fused-ring (bicyclic) bond motifs is 1. The summed E-state index contributed by atoms with van der Waals surface area (Å²) < 4.78 is 6.50. The second-order valence-corrected chi connectivity index (χ2v) is 3.66. The molecule has 0 saturated carbocycles. The van der Waals surface area contributed by atoms with Crippen molar-refractivity contribution < 1.29 is 9.21 Å². The first-order chi connectivity index (χ1) is 7.13. The molecule has 78 valence electrons. The molecule has 0 aliphatic rings. The molecule has 0 unspecified atom stereocenters. The van der Waals surface area contributed by atoms with Crippen LogP contribution in [0.4, 0.5) is 4.79 Å². The molecular weight excluding hydrogens is 236 g/mol. The minimum absolute atomic E-state index is 0.103. The molecule has 0 radical (unpaired) electrons. The minimum atomic E-state index is -0.346. The van der Waals surface area contributed by atoms with Gasteiger partial charge < -0.3 is 9.73 Å². The van der Waals surface area contributed by atoms with E-state index >= 15 is 0 Å². The third kappa shape index (κ3) is 1.64. The Bertz CT molecular complexity index is 587. The second-order valence-electron chi connectivity index (χ2n) is 2.87. The predicted molar refractivity (Wildman–Crippen MR) is 59.9 cm³/mol. The fraction of sp³-hybridized carbons (Fsp3) is 0.111. The average molecular weight is 243 g/mol. The summed E-state index contributed by atoms with van der Waals surface area (Å²) in [6.07, 6.45) is 0. The van der Waals surface area contributed by atoms with Gasteiger partial charge in [0.25, 0.3) is 4.84 Å². The number of carbonyl (C=O) groups is 1. The average Bonchev–Trinajstić information content (AvgIpc) is 2.52. The van der Waals surface area contributed by atoms with E-state index in [-0.39, 0.29) is 10.9 Å². The lowest BCUT2D eigenvalue weighted by molar-refractivity contribution is 0.244. The van der Waals surface area contributed by atoms with E-state index in [0.717, 1.165) is 0 Å². The topological polar surface area (TPSA) is 47.2 Å². The lowest BCUT2D eigenvalue weighted by atomic mass is 10.3. The maximum absolute atomic E-state index is 11.5. The molecule has 0 fully saturated rings. The highest BCUT2D eigenvalue weighted by Crippen LogP contribution is 2.21. The van der Waals surface area contributed by atoms with Gasteiger partial charge in [-0.2, -0.15) is 0 Å². The molecule has 1 aromatic heterocycles. The molecule has 0 spiro atoms. The number of aromatic nitrogens is 1. The molecular formula is C9H7ClN2O2S. The lowest BCUT2D eigenvalue weighted by Crippen LogP contribution is -2.24. The number of halogens is 1. The Balaban J connectivity index is 2.82. The van der Waals surface area contributed by atoms with Gasteiger partial charge in [0.1, 0.15) is 0 Å². The Labute approximate surface area is 95.4 Å². The van der Waals surface area contributed by atoms with Crippen LogP contribution in [-0.2, 0) is 0 Å². The molecule has 0 saturated heterocycles. The Morgan fingerprint density at radius 1 is 1.60 bits per heavy atom. The molecule has 15 heavy (non-hydrogen) atoms. The Morgan fingerprint density at radius 3 is 3.00 bits per heavy atom. The van der Waals surface area contributed by atoms with Gasteiger partial charge >= 0.3 is 6.03 Å². The number of rotatable bonds is 0. The van der Waals surface area contributed by atoms with Gasteiger partial charge in [0.05, 0.1) is 5.52 Å². The Kier molecular flexibility index (Phi) is 2.50. The van der Waals surface area contributed by atoms with Gasteiger partial charge in [0.15, 0.2) is 5.58 Å². The van der Waals surface area contributed by atoms with E-state index in [1.807, 2.05) is 0 Å². The predicted octanol–water partition coefficient (Wildman–Crippen LogP) is 2.80. The first kappa shape index (κ1) is 10.2. The first-order valence-corrected chi connectivity index (χ1v) is 4.95. The molecule has 1 N–H and O–H groups in total. The van der Waals surface area contributed by atoms with Crippen LogP contribution in [-0.4, -0.2) is 17.6 Å². The van der Waals surface area contributed by atoms with Crippen LogP contribution in [0.25, 0.3) is 11.1 Å². The fourth-order valence-corrected chi connectivity index (χ4v) is 1.73. The van der Waals surface area contributed by atoms with Crippen molar-refractivity contribution >= 4 is 40.9 Å². The summed E-state index contributed by atoms with van der Waals surface area (Å²) in [6, 6.07) is 4.63. The SMILES string of the molecule is CNC(=O)n1c(=S)oc2ccc(Cl)cc21. The number of amides is 1. The summed E-state index contributed by atoms with van der Waals surface area (Å²) in [5.41, 5.74) is 1.10. The van der Waals surface area contributed by atoms with Gasteiger partial charge in [0, 0.05) is 12.1 Å². The summed E-state index contributed by atoms with van der Waals surface area (Å²) in [4.78, 5) is 11.6. The number of oxazole rings is 1. The minimum Gasteiger partial charge on any atom is -0.429 e. The van der Waals surface area contributed by atoms with Crippen LogP contribution in [0.3, 0.4) is 0 Å². The maximum Gasteiger partial charge on any atom is 0.329 e. The van der Waals surface area contributed by atoms with Crippen molar-refractivity contribution in [3.63, 3.8) is 0 Å². The highest BCUT2D eigenvalue weighted by molar-refractivity contribution is 7.71. The number of benzene rings is 1. The summed E-state index contributed by atoms with van der Waals surface area (Å²) >= 11 is 10.8. The molecule has 1 amide bonds. The van der Waals surface area contributed by atoms with E-state index < -0.39 is 0 Å². The molecule has 0 aliphatic heterocycles. The molecule has 2 aromatic rings. The van der Waals surface area contributed by atoms with Crippen LogP contribution in [0.2, 0.25) is 5.02 Å². The van der Waals surface area contributed by atoms with Crippen LogP contribution >= 0.6 is 23.8 Å². The first-order valence-electron chi connectivity index (χ1n) is 4.16. The van der Waals surface area contributed by atoms with E-state index in [4.69, 9.17) is 28.2 Å². The molecule has 1 heterocycles. The standard InChI is InChI=1S/C9H7ClN2O2S/c1-11-8(13)12-6-4-5(10)2-3-7(6)14-9(12)15/h2-4H,1H3,(H,11,13).